The summed E-state index contributed by atoms with van der Waals surface area (Å²) >= 11 is 0. The second kappa shape index (κ2) is 4.91. The van der Waals surface area contributed by atoms with Crippen LogP contribution in [0.5, 0.6) is 11.5 Å². The fourth-order valence-electron chi connectivity index (χ4n) is 1.70. The first kappa shape index (κ1) is 11.5. The molecule has 0 aliphatic rings. The highest BCUT2D eigenvalue weighted by Crippen LogP contribution is 2.17. The molecule has 1 aromatic heterocycles. The Balaban J connectivity index is 2.13. The van der Waals surface area contributed by atoms with E-state index in [0.717, 1.165) is 23.4 Å². The van der Waals surface area contributed by atoms with Crippen molar-refractivity contribution in [1.82, 2.24) is 9.78 Å². The molecule has 17 heavy (non-hydrogen) atoms. The van der Waals surface area contributed by atoms with Crippen LogP contribution in [0, 0.1) is 0 Å². The summed E-state index contributed by atoms with van der Waals surface area (Å²) in [6, 6.07) is 7.81. The summed E-state index contributed by atoms with van der Waals surface area (Å²) in [5, 5.41) is 13.9. The molecule has 2 rings (SSSR count). The molecule has 0 saturated heterocycles. The molecule has 0 atom stereocenters. The minimum atomic E-state index is 0.265. The van der Waals surface area contributed by atoms with Gasteiger partial charge < -0.3 is 9.84 Å². The highest BCUT2D eigenvalue weighted by atomic mass is 16.5. The van der Waals surface area contributed by atoms with Gasteiger partial charge in [0, 0.05) is 0 Å². The van der Waals surface area contributed by atoms with Gasteiger partial charge in [-0.05, 0) is 24.1 Å². The Kier molecular flexibility index (Phi) is 3.32. The van der Waals surface area contributed by atoms with E-state index in [0.29, 0.717) is 6.54 Å². The van der Waals surface area contributed by atoms with Crippen LogP contribution < -0.4 is 4.74 Å². The van der Waals surface area contributed by atoms with E-state index < -0.39 is 0 Å². The molecule has 0 bridgehead atoms. The number of aryl methyl sites for hydroxylation is 1. The molecule has 4 nitrogen and oxygen atoms in total. The van der Waals surface area contributed by atoms with Crippen molar-refractivity contribution >= 4 is 0 Å². The van der Waals surface area contributed by atoms with Gasteiger partial charge in [-0.2, -0.15) is 5.10 Å². The summed E-state index contributed by atoms with van der Waals surface area (Å²) in [5.41, 5.74) is 1.86. The quantitative estimate of drug-likeness (QED) is 0.879. The summed E-state index contributed by atoms with van der Waals surface area (Å²) in [5.74, 6) is 1.10. The van der Waals surface area contributed by atoms with Crippen LogP contribution in [0.3, 0.4) is 0 Å². The maximum absolute atomic E-state index is 9.59. The van der Waals surface area contributed by atoms with Crippen LogP contribution in [0.15, 0.2) is 30.5 Å². The summed E-state index contributed by atoms with van der Waals surface area (Å²) in [4.78, 5) is 0. The number of ether oxygens (including phenoxy) is 1. The van der Waals surface area contributed by atoms with E-state index in [1.54, 1.807) is 18.0 Å². The fourth-order valence-corrected chi connectivity index (χ4v) is 1.70. The first-order valence-electron chi connectivity index (χ1n) is 5.61. The molecule has 0 aliphatic carbocycles. The van der Waals surface area contributed by atoms with Gasteiger partial charge in [-0.3, -0.25) is 4.68 Å². The van der Waals surface area contributed by atoms with E-state index >= 15 is 0 Å². The highest BCUT2D eigenvalue weighted by molar-refractivity contribution is 5.28. The van der Waals surface area contributed by atoms with Gasteiger partial charge in [0.25, 0.3) is 0 Å². The lowest BCUT2D eigenvalue weighted by Crippen LogP contribution is -2.00. The lowest BCUT2D eigenvalue weighted by Gasteiger charge is -2.03. The van der Waals surface area contributed by atoms with Gasteiger partial charge in [-0.1, -0.05) is 19.1 Å². The lowest BCUT2D eigenvalue weighted by molar-refractivity contribution is 0.414. The van der Waals surface area contributed by atoms with Crippen molar-refractivity contribution in [1.29, 1.82) is 0 Å². The zero-order valence-corrected chi connectivity index (χ0v) is 10.1. The molecule has 0 radical (unpaired) electrons. The normalized spacial score (nSPS) is 10.5. The van der Waals surface area contributed by atoms with Crippen molar-refractivity contribution in [2.24, 2.45) is 0 Å². The Morgan fingerprint density at radius 1 is 1.29 bits per heavy atom. The molecule has 2 aromatic rings. The first-order chi connectivity index (χ1) is 8.22. The average molecular weight is 232 g/mol. The predicted molar refractivity (Wildman–Crippen MR) is 65.4 cm³/mol. The Hall–Kier alpha value is -1.97. The first-order valence-corrected chi connectivity index (χ1v) is 5.61. The van der Waals surface area contributed by atoms with Crippen LogP contribution in [0.2, 0.25) is 0 Å². The zero-order valence-electron chi connectivity index (χ0n) is 10.1. The van der Waals surface area contributed by atoms with Crippen molar-refractivity contribution in [3.63, 3.8) is 0 Å². The van der Waals surface area contributed by atoms with Gasteiger partial charge in [0.1, 0.15) is 11.4 Å². The maximum Gasteiger partial charge on any atom is 0.156 e. The van der Waals surface area contributed by atoms with Crippen LogP contribution in [-0.4, -0.2) is 22.0 Å². The number of rotatable bonds is 4. The second-order valence-electron chi connectivity index (χ2n) is 3.86. The second-order valence-corrected chi connectivity index (χ2v) is 3.86. The van der Waals surface area contributed by atoms with Crippen molar-refractivity contribution in [3.8, 4) is 11.5 Å². The molecule has 90 valence electrons. The molecule has 1 aromatic carbocycles. The van der Waals surface area contributed by atoms with Gasteiger partial charge in [0.05, 0.1) is 19.9 Å². The van der Waals surface area contributed by atoms with E-state index in [2.05, 4.69) is 5.10 Å². The minimum Gasteiger partial charge on any atom is -0.504 e. The van der Waals surface area contributed by atoms with E-state index in [-0.39, 0.29) is 5.75 Å². The van der Waals surface area contributed by atoms with Crippen LogP contribution in [0.1, 0.15) is 18.2 Å². The van der Waals surface area contributed by atoms with Crippen molar-refractivity contribution in [2.75, 3.05) is 7.11 Å². The molecular formula is C13H16N2O2. The standard InChI is InChI=1S/C13H16N2O2/c1-3-12-13(16)9-15(14-12)8-10-4-6-11(17-2)7-5-10/h4-7,9,16H,3,8H2,1-2H3. The third kappa shape index (κ3) is 2.58. The molecule has 4 heteroatoms. The van der Waals surface area contributed by atoms with E-state index in [1.165, 1.54) is 0 Å². The Bertz CT molecular complexity index is 489. The van der Waals surface area contributed by atoms with E-state index in [9.17, 15) is 5.11 Å². The monoisotopic (exact) mass is 232 g/mol. The SMILES string of the molecule is CCc1nn(Cc2ccc(OC)cc2)cc1O. The number of aromatic nitrogens is 2. The average Bonchev–Trinajstić information content (AvgIpc) is 2.70. The number of aromatic hydroxyl groups is 1. The van der Waals surface area contributed by atoms with Crippen LogP contribution in [0.4, 0.5) is 0 Å². The van der Waals surface area contributed by atoms with Crippen molar-refractivity contribution in [3.05, 3.63) is 41.7 Å². The number of hydrogen-bond acceptors (Lipinski definition) is 3. The molecule has 0 fully saturated rings. The number of benzene rings is 1. The Morgan fingerprint density at radius 2 is 2.00 bits per heavy atom. The minimum absolute atomic E-state index is 0.265. The topological polar surface area (TPSA) is 47.3 Å². The molecule has 1 heterocycles. The molecule has 1 N–H and O–H groups in total. The highest BCUT2D eigenvalue weighted by Gasteiger charge is 2.05. The number of nitrogens with zero attached hydrogens (tertiary/aromatic N) is 2. The van der Waals surface area contributed by atoms with E-state index in [4.69, 9.17) is 4.74 Å². The smallest absolute Gasteiger partial charge is 0.156 e. The van der Waals surface area contributed by atoms with Crippen molar-refractivity contribution < 1.29 is 9.84 Å². The van der Waals surface area contributed by atoms with E-state index in [1.807, 2.05) is 31.2 Å². The maximum atomic E-state index is 9.59. The molecule has 0 spiro atoms. The summed E-state index contributed by atoms with van der Waals surface area (Å²) < 4.78 is 6.84. The number of hydrogen-bond donors (Lipinski definition) is 1. The molecular weight excluding hydrogens is 216 g/mol. The molecule has 0 amide bonds. The van der Waals surface area contributed by atoms with Crippen LogP contribution in [0.25, 0.3) is 0 Å². The largest absolute Gasteiger partial charge is 0.504 e. The Morgan fingerprint density at radius 3 is 2.53 bits per heavy atom. The third-order valence-corrected chi connectivity index (χ3v) is 2.65. The predicted octanol–water partition coefficient (Wildman–Crippen LogP) is 2.21. The van der Waals surface area contributed by atoms with Crippen molar-refractivity contribution in [2.45, 2.75) is 19.9 Å². The molecule has 0 saturated carbocycles. The number of methoxy groups -OCH3 is 1. The summed E-state index contributed by atoms with van der Waals surface area (Å²) in [6.45, 7) is 2.62. The Labute approximate surface area is 100 Å². The lowest BCUT2D eigenvalue weighted by atomic mass is 10.2. The van der Waals surface area contributed by atoms with Gasteiger partial charge >= 0.3 is 0 Å². The molecule has 0 unspecified atom stereocenters. The zero-order chi connectivity index (χ0) is 12.3. The third-order valence-electron chi connectivity index (χ3n) is 2.65. The molecule has 0 aliphatic heterocycles. The van der Waals surface area contributed by atoms with Crippen LogP contribution in [-0.2, 0) is 13.0 Å². The van der Waals surface area contributed by atoms with Gasteiger partial charge in [0.15, 0.2) is 5.75 Å². The van der Waals surface area contributed by atoms with Gasteiger partial charge in [-0.15, -0.1) is 0 Å². The van der Waals surface area contributed by atoms with Crippen LogP contribution >= 0.6 is 0 Å². The van der Waals surface area contributed by atoms with Gasteiger partial charge in [0.2, 0.25) is 0 Å². The van der Waals surface area contributed by atoms with Gasteiger partial charge in [-0.25, -0.2) is 0 Å². The summed E-state index contributed by atoms with van der Waals surface area (Å²) in [6.07, 6.45) is 2.39. The fraction of sp³-hybridized carbons (Fsp3) is 0.308. The summed E-state index contributed by atoms with van der Waals surface area (Å²) in [7, 11) is 1.65.